The summed E-state index contributed by atoms with van der Waals surface area (Å²) in [6, 6.07) is 0. The molecule has 8 nitrogen and oxygen atoms in total. The first kappa shape index (κ1) is 17.9. The molecule has 0 atom stereocenters. The van der Waals surface area contributed by atoms with Crippen molar-refractivity contribution < 1.29 is 38.1 Å². The molecular formula is C20H24O8. The Kier molecular flexibility index (Phi) is 4.32. The molecule has 0 unspecified atom stereocenters. The molecule has 0 saturated heterocycles. The third kappa shape index (κ3) is 3.73. The summed E-state index contributed by atoms with van der Waals surface area (Å²) in [6.45, 7) is 0. The summed E-state index contributed by atoms with van der Waals surface area (Å²) in [5.74, 6) is -6.65. The summed E-state index contributed by atoms with van der Waals surface area (Å²) in [5, 5.41) is 0. The zero-order chi connectivity index (χ0) is 19.4. The predicted molar refractivity (Wildman–Crippen MR) is 90.4 cm³/mol. The van der Waals surface area contributed by atoms with Gasteiger partial charge >= 0.3 is 23.9 Å². The van der Waals surface area contributed by atoms with Gasteiger partial charge in [-0.05, 0) is 51.4 Å². The van der Waals surface area contributed by atoms with Crippen molar-refractivity contribution in [1.82, 2.24) is 0 Å². The molecule has 0 aromatic heterocycles. The Labute approximate surface area is 162 Å². The summed E-state index contributed by atoms with van der Waals surface area (Å²) >= 11 is 0. The second-order valence-electron chi connectivity index (χ2n) is 8.65. The molecule has 0 bridgehead atoms. The summed E-state index contributed by atoms with van der Waals surface area (Å²) in [7, 11) is 0. The molecule has 0 N–H and O–H groups in total. The molecule has 8 heteroatoms. The van der Waals surface area contributed by atoms with Crippen LogP contribution < -0.4 is 0 Å². The van der Waals surface area contributed by atoms with Crippen LogP contribution in [-0.4, -0.2) is 48.3 Å². The number of carbonyl (C=O) groups excluding carboxylic acids is 4. The minimum absolute atomic E-state index is 0.162. The van der Waals surface area contributed by atoms with E-state index in [0.29, 0.717) is 0 Å². The van der Waals surface area contributed by atoms with E-state index in [-0.39, 0.29) is 24.4 Å². The number of hydrogen-bond acceptors (Lipinski definition) is 8. The maximum atomic E-state index is 12.7. The van der Waals surface area contributed by atoms with Gasteiger partial charge in [0.1, 0.15) is 24.4 Å². The van der Waals surface area contributed by atoms with Gasteiger partial charge < -0.3 is 18.9 Å². The van der Waals surface area contributed by atoms with Crippen molar-refractivity contribution >= 4 is 23.9 Å². The Balaban J connectivity index is 1.38. The highest BCUT2D eigenvalue weighted by Gasteiger charge is 2.67. The summed E-state index contributed by atoms with van der Waals surface area (Å²) in [6.07, 6.45) is 5.57. The lowest BCUT2D eigenvalue weighted by Gasteiger charge is -2.45. The Morgan fingerprint density at radius 1 is 0.393 bits per heavy atom. The third-order valence-corrected chi connectivity index (χ3v) is 5.87. The number of esters is 4. The van der Waals surface area contributed by atoms with Crippen molar-refractivity contribution in [3.8, 4) is 0 Å². The number of rotatable bonds is 8. The highest BCUT2D eigenvalue weighted by Crippen LogP contribution is 2.51. The fraction of sp³-hybridized carbons (Fsp3) is 0.800. The Bertz CT molecular complexity index is 573. The monoisotopic (exact) mass is 392 g/mol. The van der Waals surface area contributed by atoms with E-state index in [2.05, 4.69) is 0 Å². The summed E-state index contributed by atoms with van der Waals surface area (Å²) < 4.78 is 21.5. The molecule has 28 heavy (non-hydrogen) atoms. The van der Waals surface area contributed by atoms with E-state index in [1.807, 2.05) is 0 Å². The lowest BCUT2D eigenvalue weighted by molar-refractivity contribution is -0.201. The first-order chi connectivity index (χ1) is 13.5. The Hall–Kier alpha value is -2.12. The minimum Gasteiger partial charge on any atom is -0.462 e. The van der Waals surface area contributed by atoms with Gasteiger partial charge in [0.25, 0.3) is 0 Å². The zero-order valence-corrected chi connectivity index (χ0v) is 15.5. The first-order valence-corrected chi connectivity index (χ1v) is 10.3. The predicted octanol–water partition coefficient (Wildman–Crippen LogP) is 1.29. The van der Waals surface area contributed by atoms with Gasteiger partial charge in [-0.25, -0.2) is 0 Å². The molecular weight excluding hydrogens is 368 g/mol. The molecule has 0 aromatic carbocycles. The molecule has 5 aliphatic rings. The minimum atomic E-state index is -1.05. The third-order valence-electron chi connectivity index (χ3n) is 5.87. The maximum absolute atomic E-state index is 12.7. The molecule has 5 aliphatic carbocycles. The van der Waals surface area contributed by atoms with Gasteiger partial charge in [-0.15, -0.1) is 0 Å². The van der Waals surface area contributed by atoms with Gasteiger partial charge in [-0.2, -0.15) is 0 Å². The summed E-state index contributed by atoms with van der Waals surface area (Å²) in [5.41, 5.74) is 0. The molecule has 5 saturated carbocycles. The molecule has 0 spiro atoms. The van der Waals surface area contributed by atoms with Gasteiger partial charge in [0.05, 0.1) is 23.7 Å². The van der Waals surface area contributed by atoms with E-state index < -0.39 is 47.5 Å². The van der Waals surface area contributed by atoms with Crippen LogP contribution in [0.2, 0.25) is 0 Å². The average molecular weight is 392 g/mol. The van der Waals surface area contributed by atoms with E-state index in [9.17, 15) is 19.2 Å². The van der Waals surface area contributed by atoms with Crippen LogP contribution in [0.5, 0.6) is 0 Å². The molecule has 0 radical (unpaired) electrons. The second-order valence-corrected chi connectivity index (χ2v) is 8.65. The molecule has 0 heterocycles. The van der Waals surface area contributed by atoms with Crippen molar-refractivity contribution in [2.24, 2.45) is 23.7 Å². The van der Waals surface area contributed by atoms with Crippen LogP contribution in [0.15, 0.2) is 0 Å². The van der Waals surface area contributed by atoms with Crippen LogP contribution in [0.4, 0.5) is 0 Å². The van der Waals surface area contributed by atoms with Crippen molar-refractivity contribution in [3.05, 3.63) is 0 Å². The normalized spacial score (nSPS) is 34.0. The van der Waals surface area contributed by atoms with E-state index in [1.54, 1.807) is 0 Å². The van der Waals surface area contributed by atoms with Crippen molar-refractivity contribution in [3.63, 3.8) is 0 Å². The molecule has 152 valence electrons. The quantitative estimate of drug-likeness (QED) is 0.449. The van der Waals surface area contributed by atoms with Crippen LogP contribution in [-0.2, 0) is 38.1 Å². The van der Waals surface area contributed by atoms with Crippen LogP contribution >= 0.6 is 0 Å². The van der Waals surface area contributed by atoms with Crippen LogP contribution in [0.1, 0.15) is 51.4 Å². The average Bonchev–Trinajstić information content (AvgIpc) is 3.40. The second kappa shape index (κ2) is 6.74. The number of hydrogen-bond donors (Lipinski definition) is 0. The highest BCUT2D eigenvalue weighted by atomic mass is 16.6. The Morgan fingerprint density at radius 2 is 0.571 bits per heavy atom. The lowest BCUT2D eigenvalue weighted by atomic mass is 9.56. The smallest absolute Gasteiger partial charge is 0.311 e. The van der Waals surface area contributed by atoms with Crippen LogP contribution in [0.3, 0.4) is 0 Å². The van der Waals surface area contributed by atoms with Gasteiger partial charge in [0, 0.05) is 0 Å². The fourth-order valence-electron chi connectivity index (χ4n) is 3.64. The van der Waals surface area contributed by atoms with Gasteiger partial charge in [0.15, 0.2) is 0 Å². The lowest BCUT2D eigenvalue weighted by Crippen LogP contribution is -2.61. The van der Waals surface area contributed by atoms with E-state index in [1.165, 1.54) is 0 Å². The molecule has 0 amide bonds. The molecule has 5 rings (SSSR count). The van der Waals surface area contributed by atoms with Crippen LogP contribution in [0.25, 0.3) is 0 Å². The van der Waals surface area contributed by atoms with E-state index in [4.69, 9.17) is 18.9 Å². The topological polar surface area (TPSA) is 105 Å². The molecule has 0 aliphatic heterocycles. The van der Waals surface area contributed by atoms with Gasteiger partial charge in [-0.1, -0.05) is 0 Å². The van der Waals surface area contributed by atoms with Gasteiger partial charge in [0.2, 0.25) is 0 Å². The van der Waals surface area contributed by atoms with Crippen molar-refractivity contribution in [2.75, 3.05) is 0 Å². The summed E-state index contributed by atoms with van der Waals surface area (Å²) in [4.78, 5) is 50.9. The number of carbonyl (C=O) groups is 4. The van der Waals surface area contributed by atoms with Crippen LogP contribution in [0, 0.1) is 23.7 Å². The van der Waals surface area contributed by atoms with Crippen molar-refractivity contribution in [1.29, 1.82) is 0 Å². The number of ether oxygens (including phenoxy) is 4. The zero-order valence-electron chi connectivity index (χ0n) is 15.5. The highest BCUT2D eigenvalue weighted by molar-refractivity contribution is 5.98. The first-order valence-electron chi connectivity index (χ1n) is 10.3. The molecule has 0 aromatic rings. The Morgan fingerprint density at radius 3 is 0.714 bits per heavy atom. The molecule has 5 fully saturated rings. The van der Waals surface area contributed by atoms with Crippen molar-refractivity contribution in [2.45, 2.75) is 75.8 Å². The maximum Gasteiger partial charge on any atom is 0.311 e. The van der Waals surface area contributed by atoms with Gasteiger partial charge in [-0.3, -0.25) is 19.2 Å². The fourth-order valence-corrected chi connectivity index (χ4v) is 3.64. The van der Waals surface area contributed by atoms with E-state index in [0.717, 1.165) is 51.4 Å². The standard InChI is InChI=1S/C20H24O8/c21-17(25-9-1-2-9)13-14(18(22)26-10-3-4-10)16(20(24)28-12-7-8-12)15(13)19(23)27-11-5-6-11/h9-16H,1-8H2. The van der Waals surface area contributed by atoms with E-state index >= 15 is 0 Å². The largest absolute Gasteiger partial charge is 0.462 e. The SMILES string of the molecule is O=C(OC1CC1)C1C(C(=O)OC2CC2)C(C(=O)OC2CC2)C1C(=O)OC1CC1.